The summed E-state index contributed by atoms with van der Waals surface area (Å²) in [5.41, 5.74) is 2.39. The van der Waals surface area contributed by atoms with E-state index >= 15 is 0 Å². The van der Waals surface area contributed by atoms with Crippen molar-refractivity contribution >= 4 is 33.5 Å². The fourth-order valence-corrected chi connectivity index (χ4v) is 4.31. The minimum Gasteiger partial charge on any atom is -0.438 e. The molecule has 1 aromatic carbocycles. The number of likely N-dealkylation sites (tertiary alicyclic amines) is 1. The molecule has 2 aromatic heterocycles. The Balaban J connectivity index is 1.68. The lowest BCUT2D eigenvalue weighted by Gasteiger charge is -2.33. The molecule has 7 heteroatoms. The normalized spacial score (nSPS) is 17.7. The van der Waals surface area contributed by atoms with Crippen LogP contribution in [0, 0.1) is 6.92 Å². The molecular formula is C19H22N4O2S. The van der Waals surface area contributed by atoms with Crippen molar-refractivity contribution < 1.29 is 9.21 Å². The van der Waals surface area contributed by atoms with Gasteiger partial charge < -0.3 is 14.2 Å². The molecule has 1 aliphatic heterocycles. The molecule has 4 rings (SSSR count). The molecule has 6 nitrogen and oxygen atoms in total. The van der Waals surface area contributed by atoms with Gasteiger partial charge in [-0.25, -0.2) is 9.97 Å². The molecule has 0 aliphatic carbocycles. The van der Waals surface area contributed by atoms with E-state index in [-0.39, 0.29) is 11.9 Å². The SMILES string of the molecule is Cc1nc(N(C)C)sc1C(=O)N1CCCCC1c1nc2ccccc2o1. The van der Waals surface area contributed by atoms with Crippen LogP contribution < -0.4 is 4.90 Å². The largest absolute Gasteiger partial charge is 0.438 e. The maximum Gasteiger partial charge on any atom is 0.266 e. The van der Waals surface area contributed by atoms with Gasteiger partial charge in [0.2, 0.25) is 5.89 Å². The summed E-state index contributed by atoms with van der Waals surface area (Å²) in [6.45, 7) is 2.62. The van der Waals surface area contributed by atoms with Crippen LogP contribution >= 0.6 is 11.3 Å². The van der Waals surface area contributed by atoms with Gasteiger partial charge in [0.25, 0.3) is 5.91 Å². The Morgan fingerprint density at radius 3 is 2.81 bits per heavy atom. The van der Waals surface area contributed by atoms with Gasteiger partial charge in [-0.1, -0.05) is 23.5 Å². The van der Waals surface area contributed by atoms with E-state index in [0.29, 0.717) is 10.8 Å². The highest BCUT2D eigenvalue weighted by atomic mass is 32.1. The first-order valence-electron chi connectivity index (χ1n) is 8.86. The molecular weight excluding hydrogens is 348 g/mol. The Morgan fingerprint density at radius 1 is 1.27 bits per heavy atom. The number of anilines is 1. The van der Waals surface area contributed by atoms with Crippen LogP contribution in [0.25, 0.3) is 11.1 Å². The van der Waals surface area contributed by atoms with Gasteiger partial charge in [0.05, 0.1) is 5.69 Å². The summed E-state index contributed by atoms with van der Waals surface area (Å²) in [5.74, 6) is 0.661. The first kappa shape index (κ1) is 17.0. The molecule has 0 radical (unpaired) electrons. The van der Waals surface area contributed by atoms with Crippen LogP contribution in [0.2, 0.25) is 0 Å². The van der Waals surface area contributed by atoms with Gasteiger partial charge in [-0.05, 0) is 38.3 Å². The summed E-state index contributed by atoms with van der Waals surface area (Å²) in [6.07, 6.45) is 2.94. The number of fused-ring (bicyclic) bond motifs is 1. The van der Waals surface area contributed by atoms with Crippen LogP contribution in [0.15, 0.2) is 28.7 Å². The van der Waals surface area contributed by atoms with Crippen molar-refractivity contribution in [1.29, 1.82) is 0 Å². The zero-order chi connectivity index (χ0) is 18.3. The zero-order valence-electron chi connectivity index (χ0n) is 15.2. The molecule has 1 fully saturated rings. The molecule has 136 valence electrons. The fourth-order valence-electron chi connectivity index (χ4n) is 3.37. The zero-order valence-corrected chi connectivity index (χ0v) is 16.0. The van der Waals surface area contributed by atoms with E-state index in [1.165, 1.54) is 11.3 Å². The van der Waals surface area contributed by atoms with Crippen molar-refractivity contribution in [2.24, 2.45) is 0 Å². The summed E-state index contributed by atoms with van der Waals surface area (Å²) >= 11 is 1.44. The number of hydrogen-bond donors (Lipinski definition) is 0. The van der Waals surface area contributed by atoms with Gasteiger partial charge in [-0.2, -0.15) is 0 Å². The first-order valence-corrected chi connectivity index (χ1v) is 9.67. The highest BCUT2D eigenvalue weighted by Crippen LogP contribution is 2.35. The topological polar surface area (TPSA) is 62.5 Å². The van der Waals surface area contributed by atoms with Crippen molar-refractivity contribution in [3.05, 3.63) is 40.7 Å². The number of hydrogen-bond acceptors (Lipinski definition) is 6. The minimum absolute atomic E-state index is 0.0278. The number of aromatic nitrogens is 2. The summed E-state index contributed by atoms with van der Waals surface area (Å²) in [6, 6.07) is 7.62. The predicted molar refractivity (Wildman–Crippen MR) is 103 cm³/mol. The average Bonchev–Trinajstić information content (AvgIpc) is 3.24. The number of thiazole rings is 1. The number of piperidine rings is 1. The molecule has 1 aliphatic rings. The maximum absolute atomic E-state index is 13.3. The standard InChI is InChI=1S/C19H22N4O2S/c1-12-16(26-19(20-12)22(2)3)18(24)23-11-7-6-9-14(23)17-21-13-8-4-5-10-15(13)25-17/h4-5,8,10,14H,6-7,9,11H2,1-3H3. The van der Waals surface area contributed by atoms with Crippen molar-refractivity contribution in [3.63, 3.8) is 0 Å². The predicted octanol–water partition coefficient (Wildman–Crippen LogP) is 4.03. The summed E-state index contributed by atoms with van der Waals surface area (Å²) < 4.78 is 5.97. The van der Waals surface area contributed by atoms with Gasteiger partial charge in [-0.15, -0.1) is 0 Å². The van der Waals surface area contributed by atoms with Gasteiger partial charge in [0.15, 0.2) is 10.7 Å². The third kappa shape index (κ3) is 2.96. The Labute approximate surface area is 156 Å². The lowest BCUT2D eigenvalue weighted by atomic mass is 10.0. The van der Waals surface area contributed by atoms with E-state index in [0.717, 1.165) is 47.7 Å². The van der Waals surface area contributed by atoms with Gasteiger partial charge in [0, 0.05) is 20.6 Å². The second kappa shape index (κ2) is 6.72. The summed E-state index contributed by atoms with van der Waals surface area (Å²) in [5, 5.41) is 0.848. The number of aryl methyl sites for hydroxylation is 1. The Bertz CT molecular complexity index is 913. The maximum atomic E-state index is 13.3. The molecule has 0 N–H and O–H groups in total. The molecule has 0 spiro atoms. The highest BCUT2D eigenvalue weighted by molar-refractivity contribution is 7.17. The number of nitrogens with zero attached hydrogens (tertiary/aromatic N) is 4. The van der Waals surface area contributed by atoms with E-state index < -0.39 is 0 Å². The average molecular weight is 370 g/mol. The lowest BCUT2D eigenvalue weighted by molar-refractivity contribution is 0.0578. The number of oxazole rings is 1. The number of rotatable bonds is 3. The molecule has 26 heavy (non-hydrogen) atoms. The van der Waals surface area contributed by atoms with Crippen LogP contribution in [0.4, 0.5) is 5.13 Å². The molecule has 1 saturated heterocycles. The second-order valence-corrected chi connectivity index (χ2v) is 7.81. The van der Waals surface area contributed by atoms with Crippen LogP contribution in [-0.4, -0.2) is 41.4 Å². The van der Waals surface area contributed by atoms with Crippen molar-refractivity contribution in [2.45, 2.75) is 32.2 Å². The Kier molecular flexibility index (Phi) is 4.40. The molecule has 3 aromatic rings. The summed E-state index contributed by atoms with van der Waals surface area (Å²) in [4.78, 5) is 27.0. The molecule has 1 amide bonds. The third-order valence-corrected chi connectivity index (χ3v) is 6.03. The molecule has 3 heterocycles. The fraction of sp³-hybridized carbons (Fsp3) is 0.421. The van der Waals surface area contributed by atoms with Gasteiger partial charge in [-0.3, -0.25) is 4.79 Å². The van der Waals surface area contributed by atoms with Crippen LogP contribution in [0.3, 0.4) is 0 Å². The van der Waals surface area contributed by atoms with E-state index in [4.69, 9.17) is 4.42 Å². The Hall–Kier alpha value is -2.41. The number of para-hydroxylation sites is 2. The smallest absolute Gasteiger partial charge is 0.266 e. The monoisotopic (exact) mass is 370 g/mol. The summed E-state index contributed by atoms with van der Waals surface area (Å²) in [7, 11) is 3.88. The van der Waals surface area contributed by atoms with Gasteiger partial charge >= 0.3 is 0 Å². The second-order valence-electron chi connectivity index (χ2n) is 6.84. The highest BCUT2D eigenvalue weighted by Gasteiger charge is 2.34. The number of amides is 1. The van der Waals surface area contributed by atoms with E-state index in [1.807, 2.05) is 55.1 Å². The van der Waals surface area contributed by atoms with Crippen LogP contribution in [0.5, 0.6) is 0 Å². The molecule has 1 unspecified atom stereocenters. The Morgan fingerprint density at radius 2 is 2.08 bits per heavy atom. The van der Waals surface area contributed by atoms with Crippen molar-refractivity contribution in [1.82, 2.24) is 14.9 Å². The van der Waals surface area contributed by atoms with Crippen LogP contribution in [-0.2, 0) is 0 Å². The third-order valence-electron chi connectivity index (χ3n) is 4.72. The first-order chi connectivity index (χ1) is 12.5. The van der Waals surface area contributed by atoms with E-state index in [1.54, 1.807) is 0 Å². The number of carbonyl (C=O) groups is 1. The van der Waals surface area contributed by atoms with E-state index in [9.17, 15) is 4.79 Å². The minimum atomic E-state index is -0.118. The molecule has 0 saturated carbocycles. The van der Waals surface area contributed by atoms with E-state index in [2.05, 4.69) is 9.97 Å². The number of carbonyl (C=O) groups excluding carboxylic acids is 1. The quantitative estimate of drug-likeness (QED) is 0.697. The molecule has 1 atom stereocenters. The van der Waals surface area contributed by atoms with Crippen molar-refractivity contribution in [2.75, 3.05) is 25.5 Å². The molecule has 0 bridgehead atoms. The van der Waals surface area contributed by atoms with Crippen LogP contribution in [0.1, 0.15) is 46.6 Å². The van der Waals surface area contributed by atoms with Gasteiger partial charge in [0.1, 0.15) is 16.4 Å². The lowest BCUT2D eigenvalue weighted by Crippen LogP contribution is -2.38. The number of benzene rings is 1. The van der Waals surface area contributed by atoms with Crippen molar-refractivity contribution in [3.8, 4) is 0 Å².